The molecule has 19 heavy (non-hydrogen) atoms. The molecule has 0 saturated carbocycles. The van der Waals surface area contributed by atoms with Crippen LogP contribution in [0.5, 0.6) is 0 Å². The molecule has 0 radical (unpaired) electrons. The van der Waals surface area contributed by atoms with Gasteiger partial charge in [-0.15, -0.1) is 0 Å². The van der Waals surface area contributed by atoms with E-state index in [9.17, 15) is 4.79 Å². The number of fused-ring (bicyclic) bond motifs is 1. The van der Waals surface area contributed by atoms with Gasteiger partial charge in [0.1, 0.15) is 0 Å². The molecule has 4 nitrogen and oxygen atoms in total. The van der Waals surface area contributed by atoms with Crippen molar-refractivity contribution in [1.82, 2.24) is 14.8 Å². The molecule has 1 saturated heterocycles. The molecule has 0 spiro atoms. The number of carbonyl (C=O) groups is 1. The fraction of sp³-hybridized carbons (Fsp3) is 0.667. The van der Waals surface area contributed by atoms with Crippen LogP contribution in [0.15, 0.2) is 12.1 Å². The van der Waals surface area contributed by atoms with Gasteiger partial charge in [0.05, 0.1) is 12.0 Å². The van der Waals surface area contributed by atoms with E-state index < -0.39 is 0 Å². The first kappa shape index (κ1) is 12.7. The highest BCUT2D eigenvalue weighted by molar-refractivity contribution is 5.80. The monoisotopic (exact) mass is 261 g/mol. The number of aryl methyl sites for hydroxylation is 1. The second kappa shape index (κ2) is 4.67. The Hall–Kier alpha value is -1.29. The highest BCUT2D eigenvalue weighted by Crippen LogP contribution is 2.30. The summed E-state index contributed by atoms with van der Waals surface area (Å²) in [6.07, 6.45) is 0. The molecule has 3 heterocycles. The average molecular weight is 261 g/mol. The minimum absolute atomic E-state index is 0.157. The number of rotatable bonds is 1. The molecule has 1 aromatic rings. The summed E-state index contributed by atoms with van der Waals surface area (Å²) < 4.78 is 2.34. The van der Waals surface area contributed by atoms with Crippen molar-refractivity contribution in [2.45, 2.75) is 33.4 Å². The minimum atomic E-state index is 0.157. The van der Waals surface area contributed by atoms with Gasteiger partial charge >= 0.3 is 0 Å². The average Bonchev–Trinajstić information content (AvgIpc) is 2.97. The maximum Gasteiger partial charge on any atom is 0.227 e. The molecule has 1 aromatic heterocycles. The summed E-state index contributed by atoms with van der Waals surface area (Å²) in [5.41, 5.74) is 2.57. The van der Waals surface area contributed by atoms with Crippen molar-refractivity contribution < 1.29 is 4.79 Å². The van der Waals surface area contributed by atoms with Crippen molar-refractivity contribution in [3.63, 3.8) is 0 Å². The normalized spacial score (nSPS) is 30.5. The predicted molar refractivity (Wildman–Crippen MR) is 74.8 cm³/mol. The van der Waals surface area contributed by atoms with Crippen LogP contribution in [-0.4, -0.2) is 35.0 Å². The van der Waals surface area contributed by atoms with E-state index in [0.29, 0.717) is 11.8 Å². The van der Waals surface area contributed by atoms with Crippen LogP contribution in [0.25, 0.3) is 0 Å². The van der Waals surface area contributed by atoms with E-state index in [0.717, 1.165) is 26.2 Å². The fourth-order valence-corrected chi connectivity index (χ4v) is 3.48. The zero-order valence-corrected chi connectivity index (χ0v) is 12.0. The van der Waals surface area contributed by atoms with Crippen molar-refractivity contribution in [2.75, 3.05) is 19.6 Å². The number of nitrogens with zero attached hydrogens (tertiary/aromatic N) is 2. The van der Waals surface area contributed by atoms with E-state index in [4.69, 9.17) is 0 Å². The molecule has 2 aliphatic rings. The molecule has 1 fully saturated rings. The highest BCUT2D eigenvalue weighted by Gasteiger charge is 2.36. The number of carbonyl (C=O) groups excluding carboxylic acids is 1. The minimum Gasteiger partial charge on any atom is -0.345 e. The van der Waals surface area contributed by atoms with E-state index in [1.54, 1.807) is 0 Å². The van der Waals surface area contributed by atoms with Gasteiger partial charge in [-0.3, -0.25) is 4.79 Å². The van der Waals surface area contributed by atoms with Gasteiger partial charge in [0.15, 0.2) is 0 Å². The largest absolute Gasteiger partial charge is 0.345 e. The van der Waals surface area contributed by atoms with Crippen molar-refractivity contribution in [2.24, 2.45) is 11.8 Å². The van der Waals surface area contributed by atoms with Crippen LogP contribution >= 0.6 is 0 Å². The van der Waals surface area contributed by atoms with Crippen LogP contribution in [0.4, 0.5) is 0 Å². The first-order valence-electron chi connectivity index (χ1n) is 7.27. The second-order valence-electron chi connectivity index (χ2n) is 6.00. The topological polar surface area (TPSA) is 37.3 Å². The van der Waals surface area contributed by atoms with Crippen LogP contribution < -0.4 is 5.32 Å². The van der Waals surface area contributed by atoms with E-state index >= 15 is 0 Å². The van der Waals surface area contributed by atoms with E-state index in [1.165, 1.54) is 11.4 Å². The number of hydrogen-bond acceptors (Lipinski definition) is 2. The second-order valence-corrected chi connectivity index (χ2v) is 6.00. The fourth-order valence-electron chi connectivity index (χ4n) is 3.48. The number of nitrogens with one attached hydrogen (secondary N) is 1. The third-order valence-corrected chi connectivity index (χ3v) is 4.81. The lowest BCUT2D eigenvalue weighted by atomic mass is 9.95. The van der Waals surface area contributed by atoms with Gasteiger partial charge < -0.3 is 14.8 Å². The molecule has 104 valence electrons. The molecular weight excluding hydrogens is 238 g/mol. The van der Waals surface area contributed by atoms with Gasteiger partial charge in [0, 0.05) is 31.0 Å². The van der Waals surface area contributed by atoms with Crippen LogP contribution in [0.3, 0.4) is 0 Å². The van der Waals surface area contributed by atoms with Gasteiger partial charge in [0.2, 0.25) is 5.91 Å². The third-order valence-electron chi connectivity index (χ3n) is 4.81. The third kappa shape index (κ3) is 1.98. The Morgan fingerprint density at radius 1 is 1.26 bits per heavy atom. The highest BCUT2D eigenvalue weighted by atomic mass is 16.2. The molecule has 2 aliphatic heterocycles. The Bertz CT molecular complexity index is 494. The summed E-state index contributed by atoms with van der Waals surface area (Å²) in [5.74, 6) is 0.940. The molecule has 0 aromatic carbocycles. The first-order chi connectivity index (χ1) is 9.09. The molecule has 1 amide bonds. The lowest BCUT2D eigenvalue weighted by Gasteiger charge is -2.37. The molecule has 1 N–H and O–H groups in total. The van der Waals surface area contributed by atoms with Crippen molar-refractivity contribution in [1.29, 1.82) is 0 Å². The van der Waals surface area contributed by atoms with Crippen molar-refractivity contribution in [3.8, 4) is 0 Å². The summed E-state index contributed by atoms with van der Waals surface area (Å²) >= 11 is 0. The van der Waals surface area contributed by atoms with Crippen LogP contribution in [-0.2, 0) is 11.3 Å². The van der Waals surface area contributed by atoms with Gasteiger partial charge in [-0.05, 0) is 38.4 Å². The zero-order valence-electron chi connectivity index (χ0n) is 12.0. The van der Waals surface area contributed by atoms with Gasteiger partial charge in [-0.2, -0.15) is 0 Å². The van der Waals surface area contributed by atoms with Gasteiger partial charge in [0.25, 0.3) is 0 Å². The molecule has 0 aliphatic carbocycles. The Morgan fingerprint density at radius 2 is 2.05 bits per heavy atom. The zero-order chi connectivity index (χ0) is 13.6. The summed E-state index contributed by atoms with van der Waals surface area (Å²) in [4.78, 5) is 14.8. The van der Waals surface area contributed by atoms with Crippen LogP contribution in [0.1, 0.15) is 31.3 Å². The number of hydrogen-bond donors (Lipinski definition) is 1. The lowest BCUT2D eigenvalue weighted by molar-refractivity contribution is -0.139. The quantitative estimate of drug-likeness (QED) is 0.833. The van der Waals surface area contributed by atoms with Crippen LogP contribution in [0.2, 0.25) is 0 Å². The Balaban J connectivity index is 1.82. The summed E-state index contributed by atoms with van der Waals surface area (Å²) in [7, 11) is 0. The maximum absolute atomic E-state index is 12.7. The first-order valence-corrected chi connectivity index (χ1v) is 7.27. The van der Waals surface area contributed by atoms with E-state index in [2.05, 4.69) is 47.7 Å². The summed E-state index contributed by atoms with van der Waals surface area (Å²) in [6.45, 7) is 10.0. The summed E-state index contributed by atoms with van der Waals surface area (Å²) in [5, 5.41) is 3.33. The smallest absolute Gasteiger partial charge is 0.227 e. The maximum atomic E-state index is 12.7. The van der Waals surface area contributed by atoms with Crippen molar-refractivity contribution in [3.05, 3.63) is 23.5 Å². The summed E-state index contributed by atoms with van der Waals surface area (Å²) in [6, 6.07) is 4.51. The predicted octanol–water partition coefficient (Wildman–Crippen LogP) is 1.56. The Morgan fingerprint density at radius 3 is 2.74 bits per heavy atom. The Labute approximate surface area is 114 Å². The van der Waals surface area contributed by atoms with Crippen molar-refractivity contribution >= 4 is 5.91 Å². The van der Waals surface area contributed by atoms with E-state index in [-0.39, 0.29) is 12.0 Å². The lowest BCUT2D eigenvalue weighted by Crippen LogP contribution is -2.45. The molecular formula is C15H23N3O. The van der Waals surface area contributed by atoms with Gasteiger partial charge in [-0.25, -0.2) is 0 Å². The molecule has 4 heteroatoms. The number of amides is 1. The van der Waals surface area contributed by atoms with Gasteiger partial charge in [-0.1, -0.05) is 6.92 Å². The Kier molecular flexibility index (Phi) is 3.13. The van der Waals surface area contributed by atoms with E-state index in [1.807, 2.05) is 0 Å². The molecule has 3 unspecified atom stereocenters. The SMILES string of the molecule is Cc1ccc2n1CCN(C(=O)C1CNCC1C)C2C. The molecule has 0 bridgehead atoms. The number of aromatic nitrogens is 1. The standard InChI is InChI=1S/C15H23N3O/c1-10-8-16-9-13(10)15(19)18-7-6-17-11(2)4-5-14(17)12(18)3/h4-5,10,12-13,16H,6-9H2,1-3H3. The van der Waals surface area contributed by atoms with Crippen LogP contribution in [0, 0.1) is 18.8 Å². The molecule has 3 rings (SSSR count). The molecule has 3 atom stereocenters.